The van der Waals surface area contributed by atoms with Gasteiger partial charge < -0.3 is 24.2 Å². The summed E-state index contributed by atoms with van der Waals surface area (Å²) in [5.74, 6) is 2.93. The van der Waals surface area contributed by atoms with E-state index in [0.29, 0.717) is 12.5 Å². The van der Waals surface area contributed by atoms with Crippen molar-refractivity contribution in [2.24, 2.45) is 4.99 Å². The molecule has 1 aliphatic heterocycles. The molecule has 1 aliphatic rings. The lowest BCUT2D eigenvalue weighted by molar-refractivity contribution is 0.392. The fraction of sp³-hybridized carbons (Fsp3) is 0.444. The molecule has 1 atom stereocenters. The summed E-state index contributed by atoms with van der Waals surface area (Å²) < 4.78 is 15.6. The van der Waals surface area contributed by atoms with Crippen molar-refractivity contribution >= 4 is 5.96 Å². The minimum absolute atomic E-state index is 0.412. The van der Waals surface area contributed by atoms with Gasteiger partial charge in [0.05, 0.1) is 20.8 Å². The summed E-state index contributed by atoms with van der Waals surface area (Å²) in [5, 5.41) is 7.25. The Bertz CT molecular complexity index is 693. The maximum absolute atomic E-state index is 5.39. The number of rotatable bonds is 5. The van der Waals surface area contributed by atoms with Crippen LogP contribution in [0.25, 0.3) is 0 Å². The number of nitrogens with zero attached hydrogens (tertiary/aromatic N) is 3. The zero-order chi connectivity index (χ0) is 17.6. The molecule has 0 amide bonds. The summed E-state index contributed by atoms with van der Waals surface area (Å²) in [6.45, 7) is 2.44. The van der Waals surface area contributed by atoms with Crippen LogP contribution in [0, 0.1) is 0 Å². The van der Waals surface area contributed by atoms with Crippen molar-refractivity contribution in [3.05, 3.63) is 41.8 Å². The highest BCUT2D eigenvalue weighted by atomic mass is 16.5. The molecule has 2 aromatic rings. The molecule has 0 radical (unpaired) electrons. The monoisotopic (exact) mass is 344 g/mol. The third-order valence-electron chi connectivity index (χ3n) is 4.46. The summed E-state index contributed by atoms with van der Waals surface area (Å²) in [4.78, 5) is 6.65. The standard InChI is InChI=1S/C18H24N4O3/c1-19-18(20-11-15-5-7-25-21-15)22-6-4-13(12-22)14-8-16(23-2)10-17(9-14)24-3/h5,7-10,13H,4,6,11-12H2,1-3H3,(H,19,20). The molecule has 0 saturated carbocycles. The lowest BCUT2D eigenvalue weighted by Gasteiger charge is -2.21. The van der Waals surface area contributed by atoms with Gasteiger partial charge in [-0.25, -0.2) is 0 Å². The van der Waals surface area contributed by atoms with Gasteiger partial charge >= 0.3 is 0 Å². The Morgan fingerprint density at radius 3 is 2.68 bits per heavy atom. The lowest BCUT2D eigenvalue weighted by Crippen LogP contribution is -2.39. The van der Waals surface area contributed by atoms with Crippen molar-refractivity contribution in [1.82, 2.24) is 15.4 Å². The zero-order valence-electron chi connectivity index (χ0n) is 14.9. The van der Waals surface area contributed by atoms with Crippen LogP contribution in [0.3, 0.4) is 0 Å². The predicted molar refractivity (Wildman–Crippen MR) is 95.2 cm³/mol. The molecule has 7 heteroatoms. The van der Waals surface area contributed by atoms with E-state index in [2.05, 4.69) is 32.5 Å². The molecule has 2 heterocycles. The average Bonchev–Trinajstić information content (AvgIpc) is 3.34. The van der Waals surface area contributed by atoms with Crippen molar-refractivity contribution < 1.29 is 14.0 Å². The van der Waals surface area contributed by atoms with Crippen LogP contribution < -0.4 is 14.8 Å². The fourth-order valence-electron chi connectivity index (χ4n) is 3.12. The maximum atomic E-state index is 5.39. The van der Waals surface area contributed by atoms with Crippen LogP contribution in [0.2, 0.25) is 0 Å². The molecule has 0 spiro atoms. The van der Waals surface area contributed by atoms with Crippen LogP contribution in [0.15, 0.2) is 40.0 Å². The summed E-state index contributed by atoms with van der Waals surface area (Å²) in [6.07, 6.45) is 2.63. The SMILES string of the molecule is CN=C(NCc1ccon1)N1CCC(c2cc(OC)cc(OC)c2)C1. The molecule has 134 valence electrons. The first-order valence-corrected chi connectivity index (χ1v) is 8.31. The molecule has 3 rings (SSSR count). The number of hydrogen-bond acceptors (Lipinski definition) is 5. The number of aliphatic imine (C=N–C) groups is 1. The second-order valence-corrected chi connectivity index (χ2v) is 5.97. The number of methoxy groups -OCH3 is 2. The molecule has 1 aromatic carbocycles. The van der Waals surface area contributed by atoms with Crippen LogP contribution in [-0.2, 0) is 6.54 Å². The first-order chi connectivity index (χ1) is 12.2. The van der Waals surface area contributed by atoms with E-state index in [1.54, 1.807) is 27.5 Å². The summed E-state index contributed by atoms with van der Waals surface area (Å²) in [5.41, 5.74) is 2.08. The molecular formula is C18H24N4O3. The van der Waals surface area contributed by atoms with E-state index in [-0.39, 0.29) is 0 Å². The van der Waals surface area contributed by atoms with Crippen LogP contribution in [-0.4, -0.2) is 50.4 Å². The first-order valence-electron chi connectivity index (χ1n) is 8.31. The van der Waals surface area contributed by atoms with Gasteiger partial charge in [0.15, 0.2) is 5.96 Å². The molecule has 1 saturated heterocycles. The Kier molecular flexibility index (Phi) is 5.42. The number of ether oxygens (including phenoxy) is 2. The Hall–Kier alpha value is -2.70. The van der Waals surface area contributed by atoms with Crippen molar-refractivity contribution in [3.8, 4) is 11.5 Å². The molecule has 7 nitrogen and oxygen atoms in total. The van der Waals surface area contributed by atoms with E-state index >= 15 is 0 Å². The van der Waals surface area contributed by atoms with Crippen LogP contribution in [0.5, 0.6) is 11.5 Å². The van der Waals surface area contributed by atoms with Crippen LogP contribution >= 0.6 is 0 Å². The number of nitrogens with one attached hydrogen (secondary N) is 1. The molecule has 1 unspecified atom stereocenters. The predicted octanol–water partition coefficient (Wildman–Crippen LogP) is 2.26. The Morgan fingerprint density at radius 1 is 1.32 bits per heavy atom. The van der Waals surface area contributed by atoms with Crippen molar-refractivity contribution in [2.75, 3.05) is 34.4 Å². The van der Waals surface area contributed by atoms with E-state index in [0.717, 1.165) is 42.7 Å². The van der Waals surface area contributed by atoms with E-state index in [1.165, 1.54) is 5.56 Å². The summed E-state index contributed by atoms with van der Waals surface area (Å²) >= 11 is 0. The van der Waals surface area contributed by atoms with Crippen molar-refractivity contribution in [1.29, 1.82) is 0 Å². The van der Waals surface area contributed by atoms with Crippen molar-refractivity contribution in [2.45, 2.75) is 18.9 Å². The Morgan fingerprint density at radius 2 is 2.08 bits per heavy atom. The number of hydrogen-bond donors (Lipinski definition) is 1. The van der Waals surface area contributed by atoms with Gasteiger partial charge in [-0.2, -0.15) is 0 Å². The quantitative estimate of drug-likeness (QED) is 0.663. The first kappa shape index (κ1) is 17.1. The van der Waals surface area contributed by atoms with Gasteiger partial charge in [0.1, 0.15) is 23.5 Å². The maximum Gasteiger partial charge on any atom is 0.193 e. The number of benzene rings is 1. The third kappa shape index (κ3) is 4.04. The summed E-state index contributed by atoms with van der Waals surface area (Å²) in [6, 6.07) is 7.91. The number of guanidine groups is 1. The van der Waals surface area contributed by atoms with Crippen LogP contribution in [0.4, 0.5) is 0 Å². The van der Waals surface area contributed by atoms with Gasteiger partial charge in [-0.1, -0.05) is 5.16 Å². The van der Waals surface area contributed by atoms with E-state index < -0.39 is 0 Å². The average molecular weight is 344 g/mol. The normalized spacial score (nSPS) is 17.6. The van der Waals surface area contributed by atoms with E-state index in [4.69, 9.17) is 14.0 Å². The highest BCUT2D eigenvalue weighted by molar-refractivity contribution is 5.80. The highest BCUT2D eigenvalue weighted by Gasteiger charge is 2.27. The number of aromatic nitrogens is 1. The molecule has 1 fully saturated rings. The zero-order valence-corrected chi connectivity index (χ0v) is 14.9. The van der Waals surface area contributed by atoms with Gasteiger partial charge in [0.25, 0.3) is 0 Å². The minimum Gasteiger partial charge on any atom is -0.497 e. The fourth-order valence-corrected chi connectivity index (χ4v) is 3.12. The van der Waals surface area contributed by atoms with E-state index in [9.17, 15) is 0 Å². The topological polar surface area (TPSA) is 72.1 Å². The van der Waals surface area contributed by atoms with Gasteiger partial charge in [-0.15, -0.1) is 0 Å². The van der Waals surface area contributed by atoms with Gasteiger partial charge in [-0.3, -0.25) is 4.99 Å². The van der Waals surface area contributed by atoms with Gasteiger partial charge in [-0.05, 0) is 24.1 Å². The molecule has 0 bridgehead atoms. The second-order valence-electron chi connectivity index (χ2n) is 5.97. The van der Waals surface area contributed by atoms with Gasteiger partial charge in [0, 0.05) is 38.2 Å². The smallest absolute Gasteiger partial charge is 0.193 e. The summed E-state index contributed by atoms with van der Waals surface area (Å²) in [7, 11) is 5.15. The molecular weight excluding hydrogens is 320 g/mol. The lowest BCUT2D eigenvalue weighted by atomic mass is 9.98. The Balaban J connectivity index is 1.66. The number of likely N-dealkylation sites (tertiary alicyclic amines) is 1. The third-order valence-corrected chi connectivity index (χ3v) is 4.46. The van der Waals surface area contributed by atoms with Gasteiger partial charge in [0.2, 0.25) is 0 Å². The van der Waals surface area contributed by atoms with Crippen molar-refractivity contribution in [3.63, 3.8) is 0 Å². The Labute approximate surface area is 147 Å². The largest absolute Gasteiger partial charge is 0.497 e. The molecule has 25 heavy (non-hydrogen) atoms. The molecule has 1 aromatic heterocycles. The highest BCUT2D eigenvalue weighted by Crippen LogP contribution is 2.32. The second kappa shape index (κ2) is 7.92. The minimum atomic E-state index is 0.412. The van der Waals surface area contributed by atoms with E-state index in [1.807, 2.05) is 12.1 Å². The van der Waals surface area contributed by atoms with Crippen LogP contribution in [0.1, 0.15) is 23.6 Å². The molecule has 0 aliphatic carbocycles. The molecule has 1 N–H and O–H groups in total.